The molecule has 9 heteroatoms. The van der Waals surface area contributed by atoms with Gasteiger partial charge in [0, 0.05) is 18.7 Å². The minimum absolute atomic E-state index is 0.0400. The molecular weight excluding hydrogens is 330 g/mol. The van der Waals surface area contributed by atoms with Gasteiger partial charge in [-0.2, -0.15) is 5.10 Å². The third-order valence-corrected chi connectivity index (χ3v) is 3.59. The van der Waals surface area contributed by atoms with E-state index < -0.39 is 17.0 Å². The Morgan fingerprint density at radius 2 is 2.04 bits per heavy atom. The van der Waals surface area contributed by atoms with Crippen LogP contribution in [0.5, 0.6) is 0 Å². The molecule has 134 valence electrons. The number of hydrogen-bond acceptors (Lipinski definition) is 8. The van der Waals surface area contributed by atoms with Crippen LogP contribution >= 0.6 is 0 Å². The molecule has 1 atom stereocenters. The van der Waals surface area contributed by atoms with E-state index in [2.05, 4.69) is 10.5 Å². The molecule has 25 heavy (non-hydrogen) atoms. The lowest BCUT2D eigenvalue weighted by molar-refractivity contribution is -0.385. The lowest BCUT2D eigenvalue weighted by atomic mass is 9.90. The summed E-state index contributed by atoms with van der Waals surface area (Å²) in [6.07, 6.45) is -0.911. The maximum absolute atomic E-state index is 11.9. The zero-order valence-corrected chi connectivity index (χ0v) is 14.1. The summed E-state index contributed by atoms with van der Waals surface area (Å²) < 4.78 is 15.0. The largest absolute Gasteiger partial charge is 0.513 e. The van der Waals surface area contributed by atoms with Crippen molar-refractivity contribution >= 4 is 17.6 Å². The van der Waals surface area contributed by atoms with Crippen molar-refractivity contribution in [2.75, 3.05) is 20.3 Å². The number of nitrogens with one attached hydrogen (secondary N) is 1. The van der Waals surface area contributed by atoms with E-state index in [1.165, 1.54) is 13.2 Å². The van der Waals surface area contributed by atoms with Crippen molar-refractivity contribution in [3.63, 3.8) is 0 Å². The highest BCUT2D eigenvalue weighted by Gasteiger charge is 2.34. The summed E-state index contributed by atoms with van der Waals surface area (Å²) in [5.41, 5.74) is 4.05. The van der Waals surface area contributed by atoms with Crippen LogP contribution in [0.1, 0.15) is 25.3 Å². The Balaban J connectivity index is 2.33. The van der Waals surface area contributed by atoms with Crippen LogP contribution in [-0.2, 0) is 14.2 Å². The fourth-order valence-corrected chi connectivity index (χ4v) is 2.43. The first-order chi connectivity index (χ1) is 12.0. The summed E-state index contributed by atoms with van der Waals surface area (Å²) in [6.45, 7) is 3.63. The molecule has 1 aliphatic rings. The van der Waals surface area contributed by atoms with Crippen molar-refractivity contribution in [2.24, 2.45) is 5.10 Å². The number of nitro groups is 1. The van der Waals surface area contributed by atoms with Gasteiger partial charge in [-0.3, -0.25) is 15.5 Å². The second-order valence-electron chi connectivity index (χ2n) is 5.30. The molecule has 0 saturated carbocycles. The van der Waals surface area contributed by atoms with Crippen LogP contribution in [0, 0.1) is 10.1 Å². The van der Waals surface area contributed by atoms with E-state index in [0.717, 1.165) is 0 Å². The summed E-state index contributed by atoms with van der Waals surface area (Å²) >= 11 is 0. The van der Waals surface area contributed by atoms with Gasteiger partial charge in [-0.1, -0.05) is 18.2 Å². The Morgan fingerprint density at radius 1 is 1.32 bits per heavy atom. The van der Waals surface area contributed by atoms with Crippen molar-refractivity contribution in [3.8, 4) is 0 Å². The number of allylic oxidation sites excluding steroid dienone is 2. The van der Waals surface area contributed by atoms with Gasteiger partial charge in [-0.15, -0.1) is 0 Å². The van der Waals surface area contributed by atoms with E-state index in [9.17, 15) is 14.9 Å². The first-order valence-corrected chi connectivity index (χ1v) is 7.53. The van der Waals surface area contributed by atoms with E-state index in [1.54, 1.807) is 32.0 Å². The normalized spacial score (nSPS) is 16.8. The number of ether oxygens (including phenoxy) is 3. The number of carbonyl (C=O) groups excluding carboxylic acids is 1. The first-order valence-electron chi connectivity index (χ1n) is 7.53. The van der Waals surface area contributed by atoms with E-state index in [0.29, 0.717) is 17.0 Å². The smallest absolute Gasteiger partial charge is 0.432 e. The van der Waals surface area contributed by atoms with E-state index in [1.807, 2.05) is 0 Å². The maximum Gasteiger partial charge on any atom is 0.513 e. The molecule has 0 aliphatic carbocycles. The molecular formula is C16H19N3O6. The SMILES string of the molecule is COCCOC(=O)OC1=C(C)NN=C(C)C1c1ccccc1[N+](=O)[O-]. The number of rotatable bonds is 6. The molecule has 1 aliphatic heterocycles. The molecule has 0 radical (unpaired) electrons. The standard InChI is InChI=1S/C16H19N3O6/c1-10-14(12-6-4-5-7-13(12)19(21)22)15(11(2)18-17-10)25-16(20)24-9-8-23-3/h4-7,14,18H,8-9H2,1-3H3. The number of hydrogen-bond donors (Lipinski definition) is 1. The van der Waals surface area contributed by atoms with Gasteiger partial charge in [-0.05, 0) is 13.8 Å². The number of carbonyl (C=O) groups is 1. The van der Waals surface area contributed by atoms with Crippen LogP contribution in [-0.4, -0.2) is 37.1 Å². The van der Waals surface area contributed by atoms with E-state index in [-0.39, 0.29) is 24.7 Å². The van der Waals surface area contributed by atoms with Crippen LogP contribution in [0.3, 0.4) is 0 Å². The fraction of sp³-hybridized carbons (Fsp3) is 0.375. The summed E-state index contributed by atoms with van der Waals surface area (Å²) in [7, 11) is 1.48. The quantitative estimate of drug-likeness (QED) is 0.363. The van der Waals surface area contributed by atoms with Crippen LogP contribution in [0.15, 0.2) is 40.8 Å². The molecule has 1 heterocycles. The number of para-hydroxylation sites is 1. The molecule has 0 spiro atoms. The predicted molar refractivity (Wildman–Crippen MR) is 89.1 cm³/mol. The number of hydrazone groups is 1. The molecule has 0 fully saturated rings. The molecule has 0 amide bonds. The Morgan fingerprint density at radius 3 is 2.72 bits per heavy atom. The second-order valence-corrected chi connectivity index (χ2v) is 5.30. The molecule has 1 aromatic carbocycles. The van der Waals surface area contributed by atoms with Gasteiger partial charge < -0.3 is 14.2 Å². The number of nitro benzene ring substituents is 1. The number of nitrogens with zero attached hydrogens (tertiary/aromatic N) is 2. The third-order valence-electron chi connectivity index (χ3n) is 3.59. The van der Waals surface area contributed by atoms with Gasteiger partial charge in [0.1, 0.15) is 12.4 Å². The predicted octanol–water partition coefficient (Wildman–Crippen LogP) is 2.69. The van der Waals surface area contributed by atoms with Gasteiger partial charge in [0.05, 0.1) is 28.9 Å². The van der Waals surface area contributed by atoms with Gasteiger partial charge >= 0.3 is 6.16 Å². The van der Waals surface area contributed by atoms with E-state index >= 15 is 0 Å². The zero-order valence-electron chi connectivity index (χ0n) is 14.1. The third kappa shape index (κ3) is 4.32. The average Bonchev–Trinajstić information content (AvgIpc) is 2.58. The van der Waals surface area contributed by atoms with Crippen molar-refractivity contribution in [1.82, 2.24) is 5.43 Å². The van der Waals surface area contributed by atoms with Gasteiger partial charge in [0.2, 0.25) is 0 Å². The van der Waals surface area contributed by atoms with Crippen LogP contribution < -0.4 is 5.43 Å². The molecule has 2 rings (SSSR count). The lowest BCUT2D eigenvalue weighted by Gasteiger charge is -2.25. The number of methoxy groups -OCH3 is 1. The minimum atomic E-state index is -0.911. The summed E-state index contributed by atoms with van der Waals surface area (Å²) in [6, 6.07) is 6.27. The molecule has 0 saturated heterocycles. The minimum Gasteiger partial charge on any atom is -0.432 e. The van der Waals surface area contributed by atoms with E-state index in [4.69, 9.17) is 14.2 Å². The Hall–Kier alpha value is -2.94. The molecule has 1 aromatic rings. The van der Waals surface area contributed by atoms with Crippen molar-refractivity contribution in [1.29, 1.82) is 0 Å². The molecule has 9 nitrogen and oxygen atoms in total. The number of benzene rings is 1. The van der Waals surface area contributed by atoms with Gasteiger partial charge in [0.15, 0.2) is 0 Å². The molecule has 1 unspecified atom stereocenters. The monoisotopic (exact) mass is 349 g/mol. The Kier molecular flexibility index (Phi) is 6.07. The Labute approximate surface area is 144 Å². The Bertz CT molecular complexity index is 728. The molecule has 0 bridgehead atoms. The highest BCUT2D eigenvalue weighted by Crippen LogP contribution is 2.36. The lowest BCUT2D eigenvalue weighted by Crippen LogP contribution is -2.28. The fourth-order valence-electron chi connectivity index (χ4n) is 2.43. The highest BCUT2D eigenvalue weighted by atomic mass is 16.7. The summed E-state index contributed by atoms with van der Waals surface area (Å²) in [4.78, 5) is 22.8. The molecule has 1 N–H and O–H groups in total. The van der Waals surface area contributed by atoms with Crippen molar-refractivity contribution < 1.29 is 23.9 Å². The topological polar surface area (TPSA) is 112 Å². The second kappa shape index (κ2) is 8.25. The maximum atomic E-state index is 11.9. The van der Waals surface area contributed by atoms with Gasteiger partial charge in [0.25, 0.3) is 5.69 Å². The first kappa shape index (κ1) is 18.4. The summed E-state index contributed by atoms with van der Waals surface area (Å²) in [5, 5.41) is 15.5. The van der Waals surface area contributed by atoms with Crippen LogP contribution in [0.25, 0.3) is 0 Å². The molecule has 0 aromatic heterocycles. The highest BCUT2D eigenvalue weighted by molar-refractivity contribution is 5.93. The van der Waals surface area contributed by atoms with Gasteiger partial charge in [-0.25, -0.2) is 4.79 Å². The van der Waals surface area contributed by atoms with Crippen LogP contribution in [0.2, 0.25) is 0 Å². The van der Waals surface area contributed by atoms with Crippen LogP contribution in [0.4, 0.5) is 10.5 Å². The average molecular weight is 349 g/mol. The summed E-state index contributed by atoms with van der Waals surface area (Å²) in [5.74, 6) is -0.456. The van der Waals surface area contributed by atoms with Crippen molar-refractivity contribution in [2.45, 2.75) is 19.8 Å². The van der Waals surface area contributed by atoms with Crippen molar-refractivity contribution in [3.05, 3.63) is 51.4 Å². The zero-order chi connectivity index (χ0) is 18.4.